The number of alkyl halides is 2. The zero-order valence-corrected chi connectivity index (χ0v) is 23.6. The Bertz CT molecular complexity index is 1430. The smallest absolute Gasteiger partial charge is 0.270 e. The highest BCUT2D eigenvalue weighted by atomic mass is 35.5. The Kier molecular flexibility index (Phi) is 7.25. The Balaban J connectivity index is 1.53. The van der Waals surface area contributed by atoms with E-state index in [1.165, 1.54) is 33.1 Å². The lowest BCUT2D eigenvalue weighted by molar-refractivity contribution is -0.177. The second-order valence-electron chi connectivity index (χ2n) is 11.0. The molecule has 2 aliphatic rings. The number of halogens is 3. The molecule has 2 amide bonds. The van der Waals surface area contributed by atoms with Crippen LogP contribution in [0.2, 0.25) is 5.02 Å². The zero-order chi connectivity index (χ0) is 29.0. The van der Waals surface area contributed by atoms with Gasteiger partial charge in [0.1, 0.15) is 5.60 Å². The second-order valence-corrected chi connectivity index (χ2v) is 11.4. The quantitative estimate of drug-likeness (QED) is 0.443. The second kappa shape index (κ2) is 10.3. The molecule has 3 heterocycles. The Labute approximate surface area is 236 Å². The van der Waals surface area contributed by atoms with Crippen molar-refractivity contribution in [2.75, 3.05) is 33.3 Å². The highest BCUT2D eigenvalue weighted by Crippen LogP contribution is 2.47. The number of rotatable bonds is 7. The van der Waals surface area contributed by atoms with Gasteiger partial charge in [-0.2, -0.15) is 0 Å². The van der Waals surface area contributed by atoms with E-state index in [-0.39, 0.29) is 29.2 Å². The summed E-state index contributed by atoms with van der Waals surface area (Å²) in [6.45, 7) is 5.57. The number of nitrogens with zero attached hydrogens (tertiary/aromatic N) is 3. The van der Waals surface area contributed by atoms with Crippen molar-refractivity contribution in [1.82, 2.24) is 14.8 Å². The summed E-state index contributed by atoms with van der Waals surface area (Å²) in [4.78, 5) is 31.8. The fourth-order valence-electron chi connectivity index (χ4n) is 5.77. The minimum absolute atomic E-state index is 0.0456. The predicted molar refractivity (Wildman–Crippen MR) is 148 cm³/mol. The van der Waals surface area contributed by atoms with Gasteiger partial charge < -0.3 is 19.6 Å². The van der Waals surface area contributed by atoms with Gasteiger partial charge in [0.05, 0.1) is 17.6 Å². The van der Waals surface area contributed by atoms with E-state index in [0.29, 0.717) is 65.5 Å². The number of fused-ring (bicyclic) bond motifs is 1. The summed E-state index contributed by atoms with van der Waals surface area (Å²) in [6.07, 6.45) is 0.307. The Hall–Kier alpha value is -3.30. The van der Waals surface area contributed by atoms with E-state index in [1.807, 2.05) is 12.1 Å². The number of likely N-dealkylation sites (tertiary alicyclic amines) is 2. The molecule has 0 spiro atoms. The molecule has 3 aromatic rings. The molecule has 0 aliphatic carbocycles. The molecule has 2 saturated heterocycles. The SMILES string of the molecule is COc1nc2ccc(C(O)(C3CN(C(C)=O)C3)C3CN(C(C)=O)C3)cc2c(Cl)c1Cc1ccc(C(C)(F)F)cc1. The summed E-state index contributed by atoms with van der Waals surface area (Å²) in [5.41, 5.74) is 1.24. The molecule has 0 unspecified atom stereocenters. The molecule has 1 N–H and O–H groups in total. The number of hydrogen-bond acceptors (Lipinski definition) is 5. The third-order valence-corrected chi connectivity index (χ3v) is 8.81. The van der Waals surface area contributed by atoms with E-state index in [4.69, 9.17) is 16.3 Å². The van der Waals surface area contributed by atoms with Gasteiger partial charge in [-0.25, -0.2) is 13.8 Å². The van der Waals surface area contributed by atoms with Gasteiger partial charge in [0, 0.05) is 81.7 Å². The van der Waals surface area contributed by atoms with Crippen LogP contribution in [0.15, 0.2) is 42.5 Å². The van der Waals surface area contributed by atoms with Crippen LogP contribution in [0.5, 0.6) is 5.88 Å². The van der Waals surface area contributed by atoms with Crippen molar-refractivity contribution in [3.8, 4) is 5.88 Å². The molecule has 7 nitrogen and oxygen atoms in total. The Morgan fingerprint density at radius 3 is 2.00 bits per heavy atom. The van der Waals surface area contributed by atoms with Gasteiger partial charge >= 0.3 is 0 Å². The first kappa shape index (κ1) is 28.2. The van der Waals surface area contributed by atoms with Gasteiger partial charge in [-0.3, -0.25) is 9.59 Å². The number of amides is 2. The molecule has 2 fully saturated rings. The molecule has 2 aromatic carbocycles. The van der Waals surface area contributed by atoms with E-state index in [1.54, 1.807) is 28.0 Å². The van der Waals surface area contributed by atoms with Gasteiger partial charge in [0.15, 0.2) is 0 Å². The van der Waals surface area contributed by atoms with Crippen LogP contribution < -0.4 is 4.74 Å². The van der Waals surface area contributed by atoms with E-state index in [9.17, 15) is 23.5 Å². The van der Waals surface area contributed by atoms with Crippen molar-refractivity contribution >= 4 is 34.3 Å². The number of pyridine rings is 1. The minimum atomic E-state index is -2.94. The normalized spacial score (nSPS) is 16.6. The molecular formula is C30H32ClF2N3O4. The number of hydrogen-bond donors (Lipinski definition) is 1. The van der Waals surface area contributed by atoms with Crippen LogP contribution in [0.1, 0.15) is 43.0 Å². The van der Waals surface area contributed by atoms with E-state index in [0.717, 1.165) is 12.5 Å². The van der Waals surface area contributed by atoms with E-state index >= 15 is 0 Å². The number of aliphatic hydroxyl groups is 1. The molecule has 0 bridgehead atoms. The van der Waals surface area contributed by atoms with Crippen LogP contribution in [0.3, 0.4) is 0 Å². The van der Waals surface area contributed by atoms with Crippen LogP contribution in [0.25, 0.3) is 10.9 Å². The van der Waals surface area contributed by atoms with Crippen molar-refractivity contribution < 1.29 is 28.2 Å². The molecule has 0 saturated carbocycles. The number of benzene rings is 2. The lowest BCUT2D eigenvalue weighted by Crippen LogP contribution is -2.66. The fraction of sp³-hybridized carbons (Fsp3) is 0.433. The number of carbonyl (C=O) groups excluding carboxylic acids is 2. The monoisotopic (exact) mass is 571 g/mol. The minimum Gasteiger partial charge on any atom is -0.481 e. The standard InChI is InChI=1S/C30H32ClF2N3O4/c1-17(37)35-13-22(14-35)30(39,23-15-36(16-23)18(2)38)21-9-10-26-24(12-21)27(31)25(28(34-26)40-4)11-19-5-7-20(8-6-19)29(3,32)33/h5-10,12,22-23,39H,11,13-16H2,1-4H3. The highest BCUT2D eigenvalue weighted by molar-refractivity contribution is 6.36. The van der Waals surface area contributed by atoms with Gasteiger partial charge in [-0.15, -0.1) is 0 Å². The lowest BCUT2D eigenvalue weighted by atomic mass is 9.66. The van der Waals surface area contributed by atoms with Crippen LogP contribution in [-0.4, -0.2) is 65.0 Å². The molecule has 212 valence electrons. The topological polar surface area (TPSA) is 83.0 Å². The average Bonchev–Trinajstić information content (AvgIpc) is 2.82. The van der Waals surface area contributed by atoms with E-state index < -0.39 is 11.5 Å². The first-order chi connectivity index (χ1) is 18.8. The third kappa shape index (κ3) is 4.90. The third-order valence-electron chi connectivity index (χ3n) is 8.37. The van der Waals surface area contributed by atoms with Crippen LogP contribution in [-0.2, 0) is 27.5 Å². The van der Waals surface area contributed by atoms with Gasteiger partial charge in [-0.1, -0.05) is 41.9 Å². The maximum absolute atomic E-state index is 13.7. The van der Waals surface area contributed by atoms with Crippen molar-refractivity contribution in [3.63, 3.8) is 0 Å². The molecule has 2 aliphatic heterocycles. The summed E-state index contributed by atoms with van der Waals surface area (Å²) in [6, 6.07) is 11.5. The lowest BCUT2D eigenvalue weighted by Gasteiger charge is -2.55. The maximum atomic E-state index is 13.7. The summed E-state index contributed by atoms with van der Waals surface area (Å²) in [5.74, 6) is -3.10. The number of methoxy groups -OCH3 is 1. The summed E-state index contributed by atoms with van der Waals surface area (Å²) < 4.78 is 32.9. The van der Waals surface area contributed by atoms with Crippen molar-refractivity contribution in [1.29, 1.82) is 0 Å². The van der Waals surface area contributed by atoms with Crippen LogP contribution >= 0.6 is 11.6 Å². The van der Waals surface area contributed by atoms with Gasteiger partial charge in [0.2, 0.25) is 17.7 Å². The molecule has 10 heteroatoms. The molecule has 0 atom stereocenters. The first-order valence-corrected chi connectivity index (χ1v) is 13.6. The fourth-order valence-corrected chi connectivity index (χ4v) is 6.07. The highest BCUT2D eigenvalue weighted by Gasteiger charge is 2.54. The summed E-state index contributed by atoms with van der Waals surface area (Å²) in [5, 5.41) is 13.3. The molecule has 1 aromatic heterocycles. The Morgan fingerprint density at radius 1 is 1.00 bits per heavy atom. The van der Waals surface area contributed by atoms with Crippen molar-refractivity contribution in [2.45, 2.75) is 38.7 Å². The Morgan fingerprint density at radius 2 is 1.52 bits per heavy atom. The number of ether oxygens (including phenoxy) is 1. The van der Waals surface area contributed by atoms with Crippen LogP contribution in [0.4, 0.5) is 8.78 Å². The summed E-state index contributed by atoms with van der Waals surface area (Å²) in [7, 11) is 1.50. The van der Waals surface area contributed by atoms with Gasteiger partial charge in [0.25, 0.3) is 5.92 Å². The molecule has 0 radical (unpaired) electrons. The van der Waals surface area contributed by atoms with Gasteiger partial charge in [-0.05, 0) is 23.3 Å². The molecule has 40 heavy (non-hydrogen) atoms. The average molecular weight is 572 g/mol. The number of aromatic nitrogens is 1. The molecule has 5 rings (SSSR count). The van der Waals surface area contributed by atoms with Crippen molar-refractivity contribution in [2.24, 2.45) is 11.8 Å². The molecular weight excluding hydrogens is 540 g/mol. The maximum Gasteiger partial charge on any atom is 0.270 e. The van der Waals surface area contributed by atoms with Crippen molar-refractivity contribution in [3.05, 3.63) is 69.7 Å². The largest absolute Gasteiger partial charge is 0.481 e. The number of carbonyl (C=O) groups is 2. The summed E-state index contributed by atoms with van der Waals surface area (Å²) >= 11 is 6.96. The van der Waals surface area contributed by atoms with E-state index in [2.05, 4.69) is 4.98 Å². The zero-order valence-electron chi connectivity index (χ0n) is 22.9. The predicted octanol–water partition coefficient (Wildman–Crippen LogP) is 4.74. The van der Waals surface area contributed by atoms with Crippen LogP contribution in [0, 0.1) is 11.8 Å². The first-order valence-electron chi connectivity index (χ1n) is 13.2.